The van der Waals surface area contributed by atoms with Gasteiger partial charge in [-0.1, -0.05) is 0 Å². The predicted octanol–water partition coefficient (Wildman–Crippen LogP) is 1.35. The van der Waals surface area contributed by atoms with E-state index in [-0.39, 0.29) is 0 Å². The van der Waals surface area contributed by atoms with Crippen LogP contribution < -0.4 is 15.2 Å². The van der Waals surface area contributed by atoms with Crippen molar-refractivity contribution < 1.29 is 19.4 Å². The fraction of sp³-hybridized carbons (Fsp3) is 0.417. The number of carboxylic acid groups (broad SMARTS) is 1. The molecule has 0 spiro atoms. The first-order valence-corrected chi connectivity index (χ1v) is 6.51. The lowest BCUT2D eigenvalue weighted by Crippen LogP contribution is -2.32. The standard InChI is InChI=1S/C12H17NO4S/c1-16-9-3-4-11(17-2)8(5-9)6-18-7-10(13)12(14)15/h3-5,10H,6-7,13H2,1-2H3,(H,14,15)/t10-/m1/s1. The highest BCUT2D eigenvalue weighted by Crippen LogP contribution is 2.27. The Morgan fingerprint density at radius 3 is 2.72 bits per heavy atom. The number of thioether (sulfide) groups is 1. The van der Waals surface area contributed by atoms with Gasteiger partial charge >= 0.3 is 5.97 Å². The summed E-state index contributed by atoms with van der Waals surface area (Å²) in [6.45, 7) is 0. The zero-order valence-corrected chi connectivity index (χ0v) is 11.2. The molecule has 0 aliphatic rings. The van der Waals surface area contributed by atoms with Gasteiger partial charge in [-0.3, -0.25) is 4.79 Å². The Labute approximate surface area is 110 Å². The monoisotopic (exact) mass is 271 g/mol. The number of hydrogen-bond acceptors (Lipinski definition) is 5. The molecule has 1 rings (SSSR count). The number of methoxy groups -OCH3 is 2. The van der Waals surface area contributed by atoms with Gasteiger partial charge in [0.15, 0.2) is 0 Å². The van der Waals surface area contributed by atoms with Crippen LogP contribution in [0.25, 0.3) is 0 Å². The van der Waals surface area contributed by atoms with Crippen molar-refractivity contribution in [3.05, 3.63) is 23.8 Å². The van der Waals surface area contributed by atoms with Crippen molar-refractivity contribution in [1.82, 2.24) is 0 Å². The fourth-order valence-electron chi connectivity index (χ4n) is 1.36. The molecular weight excluding hydrogens is 254 g/mol. The summed E-state index contributed by atoms with van der Waals surface area (Å²) in [7, 11) is 3.19. The highest BCUT2D eigenvalue weighted by atomic mass is 32.2. The van der Waals surface area contributed by atoms with Gasteiger partial charge in [0, 0.05) is 17.1 Å². The third kappa shape index (κ3) is 4.12. The highest BCUT2D eigenvalue weighted by molar-refractivity contribution is 7.98. The van der Waals surface area contributed by atoms with Gasteiger partial charge in [-0.2, -0.15) is 11.8 Å². The smallest absolute Gasteiger partial charge is 0.321 e. The Morgan fingerprint density at radius 1 is 1.44 bits per heavy atom. The molecule has 5 nitrogen and oxygen atoms in total. The second kappa shape index (κ2) is 7.13. The SMILES string of the molecule is COc1ccc(OC)c(CSC[C@@H](N)C(=O)O)c1. The number of nitrogens with two attached hydrogens (primary N) is 1. The lowest BCUT2D eigenvalue weighted by Gasteiger charge is -2.11. The average molecular weight is 271 g/mol. The second-order valence-electron chi connectivity index (χ2n) is 3.64. The maximum Gasteiger partial charge on any atom is 0.321 e. The molecule has 0 fully saturated rings. The third-order valence-electron chi connectivity index (χ3n) is 2.36. The number of ether oxygens (including phenoxy) is 2. The molecule has 0 aliphatic heterocycles. The molecule has 6 heteroatoms. The van der Waals surface area contributed by atoms with Gasteiger partial charge in [0.05, 0.1) is 14.2 Å². The summed E-state index contributed by atoms with van der Waals surface area (Å²) in [6.07, 6.45) is 0. The number of aliphatic carboxylic acids is 1. The van der Waals surface area contributed by atoms with Crippen molar-refractivity contribution in [3.63, 3.8) is 0 Å². The fourth-order valence-corrected chi connectivity index (χ4v) is 2.32. The maximum absolute atomic E-state index is 10.6. The van der Waals surface area contributed by atoms with Gasteiger partial charge in [0.2, 0.25) is 0 Å². The van der Waals surface area contributed by atoms with E-state index in [2.05, 4.69) is 0 Å². The van der Waals surface area contributed by atoms with E-state index in [1.807, 2.05) is 18.2 Å². The first-order valence-electron chi connectivity index (χ1n) is 5.35. The highest BCUT2D eigenvalue weighted by Gasteiger charge is 2.12. The van der Waals surface area contributed by atoms with E-state index < -0.39 is 12.0 Å². The van der Waals surface area contributed by atoms with Crippen LogP contribution in [0.5, 0.6) is 11.5 Å². The van der Waals surface area contributed by atoms with Crippen LogP contribution in [0.1, 0.15) is 5.56 Å². The van der Waals surface area contributed by atoms with Gasteiger partial charge in [-0.25, -0.2) is 0 Å². The van der Waals surface area contributed by atoms with Crippen LogP contribution in [0.3, 0.4) is 0 Å². The first-order chi connectivity index (χ1) is 8.58. The van der Waals surface area contributed by atoms with Gasteiger partial charge in [-0.15, -0.1) is 0 Å². The second-order valence-corrected chi connectivity index (χ2v) is 4.67. The van der Waals surface area contributed by atoms with E-state index >= 15 is 0 Å². The number of benzene rings is 1. The molecule has 0 heterocycles. The van der Waals surface area contributed by atoms with Crippen molar-refractivity contribution in [1.29, 1.82) is 0 Å². The number of hydrogen-bond donors (Lipinski definition) is 2. The van der Waals surface area contributed by atoms with Crippen LogP contribution in [-0.2, 0) is 10.5 Å². The Bertz CT molecular complexity index is 411. The van der Waals surface area contributed by atoms with E-state index in [4.69, 9.17) is 20.3 Å². The summed E-state index contributed by atoms with van der Waals surface area (Å²) in [6, 6.07) is 4.67. The summed E-state index contributed by atoms with van der Waals surface area (Å²) in [4.78, 5) is 10.6. The maximum atomic E-state index is 10.6. The van der Waals surface area contributed by atoms with Crippen LogP contribution in [0, 0.1) is 0 Å². The van der Waals surface area contributed by atoms with E-state index in [0.717, 1.165) is 17.1 Å². The molecule has 0 amide bonds. The first kappa shape index (κ1) is 14.7. The summed E-state index contributed by atoms with van der Waals surface area (Å²) < 4.78 is 10.4. The molecule has 0 unspecified atom stereocenters. The largest absolute Gasteiger partial charge is 0.497 e. The molecular formula is C12H17NO4S. The van der Waals surface area contributed by atoms with Crippen LogP contribution in [0.4, 0.5) is 0 Å². The zero-order valence-electron chi connectivity index (χ0n) is 10.4. The lowest BCUT2D eigenvalue weighted by molar-refractivity contribution is -0.137. The lowest BCUT2D eigenvalue weighted by atomic mass is 10.2. The number of carboxylic acids is 1. The zero-order chi connectivity index (χ0) is 13.5. The molecule has 0 aliphatic carbocycles. The van der Waals surface area contributed by atoms with E-state index in [9.17, 15) is 4.79 Å². The molecule has 18 heavy (non-hydrogen) atoms. The van der Waals surface area contributed by atoms with Crippen LogP contribution in [0.15, 0.2) is 18.2 Å². The Hall–Kier alpha value is -1.40. The minimum Gasteiger partial charge on any atom is -0.497 e. The molecule has 0 radical (unpaired) electrons. The molecule has 3 N–H and O–H groups in total. The van der Waals surface area contributed by atoms with E-state index in [1.165, 1.54) is 11.8 Å². The molecule has 1 aromatic carbocycles. The van der Waals surface area contributed by atoms with Crippen LogP contribution in [-0.4, -0.2) is 37.1 Å². The van der Waals surface area contributed by atoms with E-state index in [1.54, 1.807) is 14.2 Å². The Balaban J connectivity index is 2.62. The normalized spacial score (nSPS) is 11.9. The number of carbonyl (C=O) groups is 1. The molecule has 1 atom stereocenters. The van der Waals surface area contributed by atoms with Crippen molar-refractivity contribution in [2.45, 2.75) is 11.8 Å². The van der Waals surface area contributed by atoms with Crippen molar-refractivity contribution in [2.75, 3.05) is 20.0 Å². The van der Waals surface area contributed by atoms with Gasteiger partial charge < -0.3 is 20.3 Å². The molecule has 0 saturated carbocycles. The molecule has 1 aromatic rings. The van der Waals surface area contributed by atoms with E-state index in [0.29, 0.717) is 11.5 Å². The topological polar surface area (TPSA) is 81.8 Å². The predicted molar refractivity (Wildman–Crippen MR) is 71.3 cm³/mol. The average Bonchev–Trinajstić information content (AvgIpc) is 2.38. The van der Waals surface area contributed by atoms with Gasteiger partial charge in [-0.05, 0) is 18.2 Å². The minimum atomic E-state index is -0.986. The summed E-state index contributed by atoms with van der Waals surface area (Å²) in [5.41, 5.74) is 6.39. The summed E-state index contributed by atoms with van der Waals surface area (Å²) in [5, 5.41) is 8.68. The van der Waals surface area contributed by atoms with Crippen molar-refractivity contribution >= 4 is 17.7 Å². The minimum absolute atomic E-state index is 0.357. The third-order valence-corrected chi connectivity index (χ3v) is 3.47. The quantitative estimate of drug-likeness (QED) is 0.779. The van der Waals surface area contributed by atoms with Crippen LogP contribution in [0.2, 0.25) is 0 Å². The van der Waals surface area contributed by atoms with Gasteiger partial charge in [0.1, 0.15) is 17.5 Å². The molecule has 0 saturated heterocycles. The molecule has 0 bridgehead atoms. The van der Waals surface area contributed by atoms with Crippen LogP contribution >= 0.6 is 11.8 Å². The Kier molecular flexibility index (Phi) is 5.80. The summed E-state index contributed by atoms with van der Waals surface area (Å²) >= 11 is 1.45. The van der Waals surface area contributed by atoms with Crippen molar-refractivity contribution in [2.24, 2.45) is 5.73 Å². The molecule has 0 aromatic heterocycles. The molecule has 100 valence electrons. The van der Waals surface area contributed by atoms with Crippen molar-refractivity contribution in [3.8, 4) is 11.5 Å². The Morgan fingerprint density at radius 2 is 2.17 bits per heavy atom. The summed E-state index contributed by atoms with van der Waals surface area (Å²) in [5.74, 6) is 1.50. The van der Waals surface area contributed by atoms with Gasteiger partial charge in [0.25, 0.3) is 0 Å². The number of rotatable bonds is 7.